The van der Waals surface area contributed by atoms with Crippen molar-refractivity contribution in [3.05, 3.63) is 63.8 Å². The Labute approximate surface area is 161 Å². The summed E-state index contributed by atoms with van der Waals surface area (Å²) in [6.07, 6.45) is 3.15. The Hall–Kier alpha value is -2.38. The monoisotopic (exact) mass is 389 g/mol. The molecule has 0 radical (unpaired) electrons. The summed E-state index contributed by atoms with van der Waals surface area (Å²) in [5.41, 5.74) is 1.96. The summed E-state index contributed by atoms with van der Waals surface area (Å²) in [6, 6.07) is 11.4. The van der Waals surface area contributed by atoms with E-state index in [9.17, 15) is 4.79 Å². The van der Waals surface area contributed by atoms with Crippen LogP contribution in [0.4, 0.5) is 4.79 Å². The predicted octanol–water partition coefficient (Wildman–Crippen LogP) is 4.45. The summed E-state index contributed by atoms with van der Waals surface area (Å²) in [5.74, 6) is 0. The molecular weight excluding hydrogens is 370 g/mol. The number of halogens is 1. The highest BCUT2D eigenvalue weighted by Gasteiger charge is 2.20. The first kappa shape index (κ1) is 18.4. The molecule has 2 aromatic heterocycles. The first-order chi connectivity index (χ1) is 12.5. The van der Waals surface area contributed by atoms with Crippen LogP contribution in [0.1, 0.15) is 36.4 Å². The summed E-state index contributed by atoms with van der Waals surface area (Å²) in [4.78, 5) is 19.2. The summed E-state index contributed by atoms with van der Waals surface area (Å²) >= 11 is 7.44. The van der Waals surface area contributed by atoms with Gasteiger partial charge in [-0.2, -0.15) is 5.10 Å². The molecule has 6 nitrogen and oxygen atoms in total. The van der Waals surface area contributed by atoms with Crippen molar-refractivity contribution in [2.45, 2.75) is 25.9 Å². The number of urea groups is 1. The van der Waals surface area contributed by atoms with Crippen molar-refractivity contribution in [3.8, 4) is 5.69 Å². The lowest BCUT2D eigenvalue weighted by atomic mass is 10.1. The van der Waals surface area contributed by atoms with E-state index in [4.69, 9.17) is 11.6 Å². The number of benzene rings is 1. The number of amides is 2. The van der Waals surface area contributed by atoms with Crippen LogP contribution >= 0.6 is 22.9 Å². The maximum absolute atomic E-state index is 12.6. The molecule has 0 aliphatic carbocycles. The van der Waals surface area contributed by atoms with Crippen LogP contribution in [0.15, 0.2) is 49.1 Å². The molecule has 2 unspecified atom stereocenters. The van der Waals surface area contributed by atoms with Gasteiger partial charge in [0.25, 0.3) is 0 Å². The number of carbonyl (C=O) groups excluding carboxylic acids is 1. The third-order valence-corrected chi connectivity index (χ3v) is 5.73. The lowest BCUT2D eigenvalue weighted by molar-refractivity contribution is 0.191. The smallest absolute Gasteiger partial charge is 0.318 e. The average molecular weight is 390 g/mol. The molecule has 1 N–H and O–H groups in total. The van der Waals surface area contributed by atoms with Gasteiger partial charge in [0.1, 0.15) is 12.7 Å². The van der Waals surface area contributed by atoms with Gasteiger partial charge in [0.05, 0.1) is 22.1 Å². The van der Waals surface area contributed by atoms with Crippen LogP contribution in [0.2, 0.25) is 4.34 Å². The summed E-state index contributed by atoms with van der Waals surface area (Å²) < 4.78 is 2.41. The first-order valence-corrected chi connectivity index (χ1v) is 9.38. The van der Waals surface area contributed by atoms with Crippen molar-refractivity contribution in [3.63, 3.8) is 0 Å². The third-order valence-electron chi connectivity index (χ3n) is 4.32. The van der Waals surface area contributed by atoms with E-state index >= 15 is 0 Å². The van der Waals surface area contributed by atoms with Gasteiger partial charge in [0.15, 0.2) is 0 Å². The number of aromatic nitrogens is 3. The Balaban J connectivity index is 1.64. The van der Waals surface area contributed by atoms with Gasteiger partial charge < -0.3 is 10.2 Å². The number of nitrogens with zero attached hydrogens (tertiary/aromatic N) is 4. The molecule has 2 atom stereocenters. The molecule has 3 aromatic rings. The minimum absolute atomic E-state index is 0.0704. The van der Waals surface area contributed by atoms with E-state index in [1.807, 2.05) is 50.2 Å². The van der Waals surface area contributed by atoms with Crippen molar-refractivity contribution in [2.75, 3.05) is 7.05 Å². The number of carbonyl (C=O) groups is 1. The van der Waals surface area contributed by atoms with Crippen LogP contribution < -0.4 is 5.32 Å². The Bertz CT molecular complexity index is 862. The fourth-order valence-corrected chi connectivity index (χ4v) is 3.63. The standard InChI is InChI=1S/C18H20ClN5OS/c1-12(16-8-9-17(19)26-16)22-18(25)23(3)13(2)14-4-6-15(7-5-14)24-11-20-10-21-24/h4-13H,1-3H3,(H,22,25). The van der Waals surface area contributed by atoms with E-state index in [0.29, 0.717) is 0 Å². The zero-order valence-corrected chi connectivity index (χ0v) is 16.3. The molecular formula is C18H20ClN5OS. The Kier molecular flexibility index (Phi) is 5.58. The molecule has 0 fully saturated rings. The minimum atomic E-state index is -0.130. The molecule has 0 saturated carbocycles. The lowest BCUT2D eigenvalue weighted by Gasteiger charge is -2.27. The molecule has 0 saturated heterocycles. The first-order valence-electron chi connectivity index (χ1n) is 8.19. The van der Waals surface area contributed by atoms with Crippen LogP contribution in [0.3, 0.4) is 0 Å². The molecule has 2 amide bonds. The molecule has 0 aliphatic rings. The number of hydrogen-bond donors (Lipinski definition) is 1. The molecule has 2 heterocycles. The van der Waals surface area contributed by atoms with Gasteiger partial charge in [-0.1, -0.05) is 23.7 Å². The second kappa shape index (κ2) is 7.88. The van der Waals surface area contributed by atoms with Gasteiger partial charge in [-0.3, -0.25) is 0 Å². The third kappa shape index (κ3) is 4.05. The molecule has 1 aromatic carbocycles. The average Bonchev–Trinajstić information content (AvgIpc) is 3.32. The normalized spacial score (nSPS) is 13.2. The summed E-state index contributed by atoms with van der Waals surface area (Å²) in [7, 11) is 1.79. The minimum Gasteiger partial charge on any atom is -0.331 e. The van der Waals surface area contributed by atoms with E-state index < -0.39 is 0 Å². The van der Waals surface area contributed by atoms with Crippen LogP contribution in [0.5, 0.6) is 0 Å². The van der Waals surface area contributed by atoms with Crippen molar-refractivity contribution in [2.24, 2.45) is 0 Å². The number of nitrogens with one attached hydrogen (secondary N) is 1. The second-order valence-corrected chi connectivity index (χ2v) is 7.78. The molecule has 3 rings (SSSR count). The van der Waals surface area contributed by atoms with Gasteiger partial charge in [-0.25, -0.2) is 14.5 Å². The zero-order chi connectivity index (χ0) is 18.7. The van der Waals surface area contributed by atoms with E-state index in [1.165, 1.54) is 17.7 Å². The quantitative estimate of drug-likeness (QED) is 0.701. The number of thiophene rings is 1. The van der Waals surface area contributed by atoms with Crippen LogP contribution in [-0.4, -0.2) is 32.7 Å². The maximum atomic E-state index is 12.6. The molecule has 0 bridgehead atoms. The van der Waals surface area contributed by atoms with Crippen molar-refractivity contribution < 1.29 is 4.79 Å². The predicted molar refractivity (Wildman–Crippen MR) is 104 cm³/mol. The highest BCUT2D eigenvalue weighted by atomic mass is 35.5. The number of rotatable bonds is 5. The molecule has 0 spiro atoms. The number of hydrogen-bond acceptors (Lipinski definition) is 4. The van der Waals surface area contributed by atoms with Gasteiger partial charge >= 0.3 is 6.03 Å². The second-order valence-electron chi connectivity index (χ2n) is 6.03. The topological polar surface area (TPSA) is 63.1 Å². The van der Waals surface area contributed by atoms with Crippen molar-refractivity contribution in [1.29, 1.82) is 0 Å². The summed E-state index contributed by atoms with van der Waals surface area (Å²) in [5, 5.41) is 7.12. The van der Waals surface area contributed by atoms with Crippen molar-refractivity contribution in [1.82, 2.24) is 25.0 Å². The lowest BCUT2D eigenvalue weighted by Crippen LogP contribution is -2.39. The molecule has 26 heavy (non-hydrogen) atoms. The molecule has 8 heteroatoms. The molecule has 136 valence electrons. The van der Waals surface area contributed by atoms with E-state index in [0.717, 1.165) is 20.5 Å². The van der Waals surface area contributed by atoms with Crippen LogP contribution in [0.25, 0.3) is 5.69 Å². The summed E-state index contributed by atoms with van der Waals surface area (Å²) in [6.45, 7) is 3.95. The van der Waals surface area contributed by atoms with E-state index in [1.54, 1.807) is 23.0 Å². The van der Waals surface area contributed by atoms with Crippen LogP contribution in [0, 0.1) is 0 Å². The van der Waals surface area contributed by atoms with Crippen molar-refractivity contribution >= 4 is 29.0 Å². The maximum Gasteiger partial charge on any atom is 0.318 e. The van der Waals surface area contributed by atoms with Gasteiger partial charge in [0.2, 0.25) is 0 Å². The molecule has 0 aliphatic heterocycles. The van der Waals surface area contributed by atoms with Gasteiger partial charge in [0, 0.05) is 11.9 Å². The fraction of sp³-hybridized carbons (Fsp3) is 0.278. The Morgan fingerprint density at radius 2 is 1.96 bits per heavy atom. The highest BCUT2D eigenvalue weighted by molar-refractivity contribution is 7.16. The largest absolute Gasteiger partial charge is 0.331 e. The Morgan fingerprint density at radius 1 is 1.23 bits per heavy atom. The Morgan fingerprint density at radius 3 is 2.54 bits per heavy atom. The van der Waals surface area contributed by atoms with Gasteiger partial charge in [-0.15, -0.1) is 11.3 Å². The van der Waals surface area contributed by atoms with Gasteiger partial charge in [-0.05, 0) is 43.7 Å². The SMILES string of the molecule is CC(NC(=O)N(C)C(C)c1ccc(-n2cncn2)cc1)c1ccc(Cl)s1. The van der Waals surface area contributed by atoms with E-state index in [2.05, 4.69) is 15.4 Å². The fourth-order valence-electron chi connectivity index (χ4n) is 2.57. The zero-order valence-electron chi connectivity index (χ0n) is 14.8. The van der Waals surface area contributed by atoms with E-state index in [-0.39, 0.29) is 18.1 Å². The van der Waals surface area contributed by atoms with Crippen LogP contribution in [-0.2, 0) is 0 Å². The highest BCUT2D eigenvalue weighted by Crippen LogP contribution is 2.27.